The first-order valence-corrected chi connectivity index (χ1v) is 11.9. The van der Waals surface area contributed by atoms with Crippen LogP contribution in [0.3, 0.4) is 0 Å². The molecule has 2 bridgehead atoms. The van der Waals surface area contributed by atoms with E-state index < -0.39 is 58.0 Å². The molecule has 6 rings (SSSR count). The second-order valence-electron chi connectivity index (χ2n) is 10.4. The molecule has 1 saturated carbocycles. The zero-order valence-corrected chi connectivity index (χ0v) is 19.1. The number of nitrogens with two attached hydrogens (primary N) is 1. The lowest BCUT2D eigenvalue weighted by atomic mass is 9.57. The number of fused-ring (bicyclic) bond motifs is 5. The maximum atomic E-state index is 13.9. The summed E-state index contributed by atoms with van der Waals surface area (Å²) in [7, 11) is 0. The number of rotatable bonds is 2. The van der Waals surface area contributed by atoms with Gasteiger partial charge in [-0.2, -0.15) is 0 Å². The smallest absolute Gasteiger partial charge is 0.255 e. The quantitative estimate of drug-likeness (QED) is 0.286. The van der Waals surface area contributed by atoms with E-state index >= 15 is 0 Å². The predicted molar refractivity (Wildman–Crippen MR) is 122 cm³/mol. The summed E-state index contributed by atoms with van der Waals surface area (Å²) in [6.07, 6.45) is 0.870. The second-order valence-corrected chi connectivity index (χ2v) is 10.4. The molecule has 0 aromatic heterocycles. The number of Topliss-reactive ketones (excluding diaryl/α,β-unsaturated/α-hetero) is 2. The van der Waals surface area contributed by atoms with Crippen molar-refractivity contribution in [2.75, 3.05) is 13.1 Å². The Hall–Kier alpha value is -3.70. The van der Waals surface area contributed by atoms with Crippen LogP contribution < -0.4 is 11.1 Å². The van der Waals surface area contributed by atoms with Crippen LogP contribution in [0.5, 0.6) is 5.75 Å². The van der Waals surface area contributed by atoms with Gasteiger partial charge in [0.05, 0.1) is 17.5 Å². The number of phenols is 1. The Labute approximate surface area is 204 Å². The van der Waals surface area contributed by atoms with Crippen molar-refractivity contribution in [3.63, 3.8) is 0 Å². The third-order valence-electron chi connectivity index (χ3n) is 8.49. The number of ketones is 2. The summed E-state index contributed by atoms with van der Waals surface area (Å²) in [6, 6.07) is 3.26. The molecule has 2 amide bonds. The molecule has 11 nitrogen and oxygen atoms in total. The number of hydrogen-bond acceptors (Lipinski definition) is 9. The number of primary amides is 1. The van der Waals surface area contributed by atoms with Crippen LogP contribution in [0.1, 0.15) is 24.0 Å². The Balaban J connectivity index is 1.51. The number of aliphatic hydroxyl groups is 3. The number of carbonyl (C=O) groups excluding carboxylic acids is 4. The topological polar surface area (TPSA) is 190 Å². The maximum absolute atomic E-state index is 13.9. The van der Waals surface area contributed by atoms with Crippen LogP contribution in [0, 0.1) is 17.8 Å². The van der Waals surface area contributed by atoms with Crippen molar-refractivity contribution in [2.45, 2.75) is 36.9 Å². The van der Waals surface area contributed by atoms with Crippen LogP contribution in [0.15, 0.2) is 35.1 Å². The van der Waals surface area contributed by atoms with Crippen molar-refractivity contribution in [1.82, 2.24) is 10.2 Å². The molecule has 188 valence electrons. The van der Waals surface area contributed by atoms with Gasteiger partial charge in [0, 0.05) is 30.6 Å². The Bertz CT molecular complexity index is 1330. The van der Waals surface area contributed by atoms with E-state index in [9.17, 15) is 39.6 Å². The van der Waals surface area contributed by atoms with Crippen LogP contribution in [-0.4, -0.2) is 79.5 Å². The van der Waals surface area contributed by atoms with Gasteiger partial charge in [0.15, 0.2) is 11.4 Å². The molecule has 0 spiro atoms. The Morgan fingerprint density at radius 1 is 1.08 bits per heavy atom. The van der Waals surface area contributed by atoms with E-state index in [0.29, 0.717) is 12.0 Å². The minimum absolute atomic E-state index is 0.0243. The molecule has 6 atom stereocenters. The normalized spacial score (nSPS) is 35.8. The summed E-state index contributed by atoms with van der Waals surface area (Å²) in [5.74, 6) is -7.31. The summed E-state index contributed by atoms with van der Waals surface area (Å²) < 4.78 is 0. The zero-order valence-electron chi connectivity index (χ0n) is 19.1. The van der Waals surface area contributed by atoms with E-state index in [4.69, 9.17) is 5.73 Å². The van der Waals surface area contributed by atoms with Crippen LogP contribution in [0.25, 0.3) is 5.76 Å². The van der Waals surface area contributed by atoms with E-state index in [1.165, 1.54) is 6.07 Å². The highest BCUT2D eigenvalue weighted by atomic mass is 16.3. The number of likely N-dealkylation sites (tertiary alicyclic amines) is 1. The molecular weight excluding hydrogens is 470 g/mol. The lowest BCUT2D eigenvalue weighted by Crippen LogP contribution is -2.67. The first-order valence-electron chi connectivity index (χ1n) is 11.9. The van der Waals surface area contributed by atoms with Crippen molar-refractivity contribution in [3.8, 4) is 5.75 Å². The molecular formula is C25H25N3O8. The fraction of sp³-hybridized carbons (Fsp3) is 0.440. The molecule has 1 aromatic rings. The van der Waals surface area contributed by atoms with Gasteiger partial charge in [0.1, 0.15) is 22.8 Å². The highest BCUT2D eigenvalue weighted by Gasteiger charge is 2.65. The molecule has 6 unspecified atom stereocenters. The molecule has 1 aromatic carbocycles. The average Bonchev–Trinajstić information content (AvgIpc) is 3.06. The van der Waals surface area contributed by atoms with Crippen LogP contribution >= 0.6 is 0 Å². The SMILES string of the molecule is NC(=O)C1=C(O)C2(O)C(=O)C3=C(O)c4c(O)cccc4CC3CC2C(N2CC3CC(C2)C(=O)N3)C1=O. The van der Waals surface area contributed by atoms with Crippen LogP contribution in [0.2, 0.25) is 0 Å². The molecule has 2 aliphatic heterocycles. The number of phenolic OH excluding ortho intramolecular Hbond substituents is 1. The molecule has 0 radical (unpaired) electrons. The first-order chi connectivity index (χ1) is 17.0. The number of carbonyl (C=O) groups is 4. The summed E-state index contributed by atoms with van der Waals surface area (Å²) in [4.78, 5) is 53.6. The van der Waals surface area contributed by atoms with Gasteiger partial charge in [-0.25, -0.2) is 0 Å². The van der Waals surface area contributed by atoms with E-state index in [2.05, 4.69) is 5.32 Å². The van der Waals surface area contributed by atoms with Gasteiger partial charge in [0.25, 0.3) is 5.91 Å². The van der Waals surface area contributed by atoms with E-state index in [1.807, 2.05) is 0 Å². The fourth-order valence-electron chi connectivity index (χ4n) is 6.98. The van der Waals surface area contributed by atoms with Gasteiger partial charge in [0.2, 0.25) is 11.7 Å². The number of aromatic hydroxyl groups is 1. The first kappa shape index (κ1) is 22.7. The van der Waals surface area contributed by atoms with E-state index in [0.717, 1.165) is 0 Å². The number of hydrogen-bond donors (Lipinski definition) is 6. The molecule has 3 aliphatic carbocycles. The van der Waals surface area contributed by atoms with Crippen LogP contribution in [-0.2, 0) is 25.6 Å². The summed E-state index contributed by atoms with van der Waals surface area (Å²) in [5, 5.41) is 47.0. The van der Waals surface area contributed by atoms with Gasteiger partial charge >= 0.3 is 0 Å². The third kappa shape index (κ3) is 2.80. The lowest BCUT2D eigenvalue weighted by Gasteiger charge is -2.52. The Kier molecular flexibility index (Phi) is 4.68. The standard InChI is InChI=1S/C25H25N3O8/c26-23(34)17-20(31)18(28-7-11-5-12(8-28)27-24(11)35)13-6-10-4-9-2-1-3-14(29)15(9)19(30)16(10)21(32)25(13,36)22(17)33/h1-3,10-13,18,29-30,33,36H,4-8H2,(H2,26,34)(H,27,35). The van der Waals surface area contributed by atoms with Crippen molar-refractivity contribution < 1.29 is 39.6 Å². The predicted octanol–water partition coefficient (Wildman–Crippen LogP) is -0.777. The summed E-state index contributed by atoms with van der Waals surface area (Å²) in [6.45, 7) is 0.448. The maximum Gasteiger partial charge on any atom is 0.255 e. The number of piperidine rings is 1. The highest BCUT2D eigenvalue weighted by Crippen LogP contribution is 2.53. The third-order valence-corrected chi connectivity index (χ3v) is 8.49. The zero-order chi connectivity index (χ0) is 25.7. The molecule has 36 heavy (non-hydrogen) atoms. The molecule has 5 aliphatic rings. The largest absolute Gasteiger partial charge is 0.508 e. The number of nitrogens with zero attached hydrogens (tertiary/aromatic N) is 1. The minimum atomic E-state index is -2.70. The van der Waals surface area contributed by atoms with Gasteiger partial charge in [-0.1, -0.05) is 12.1 Å². The van der Waals surface area contributed by atoms with Crippen molar-refractivity contribution in [1.29, 1.82) is 0 Å². The fourth-order valence-corrected chi connectivity index (χ4v) is 6.98. The van der Waals surface area contributed by atoms with Gasteiger partial charge in [-0.15, -0.1) is 0 Å². The molecule has 3 fully saturated rings. The summed E-state index contributed by atoms with van der Waals surface area (Å²) in [5.41, 5.74) is 2.35. The van der Waals surface area contributed by atoms with Gasteiger partial charge < -0.3 is 31.5 Å². The monoisotopic (exact) mass is 495 g/mol. The van der Waals surface area contributed by atoms with E-state index in [-0.39, 0.29) is 60.7 Å². The number of benzene rings is 1. The van der Waals surface area contributed by atoms with Crippen LogP contribution in [0.4, 0.5) is 0 Å². The highest BCUT2D eigenvalue weighted by molar-refractivity contribution is 6.24. The van der Waals surface area contributed by atoms with Gasteiger partial charge in [-0.05, 0) is 36.8 Å². The minimum Gasteiger partial charge on any atom is -0.508 e. The Morgan fingerprint density at radius 2 is 1.83 bits per heavy atom. The molecule has 11 heteroatoms. The Morgan fingerprint density at radius 3 is 2.53 bits per heavy atom. The average molecular weight is 495 g/mol. The lowest BCUT2D eigenvalue weighted by molar-refractivity contribution is -0.156. The molecule has 2 heterocycles. The number of nitrogens with one attached hydrogen (secondary N) is 1. The van der Waals surface area contributed by atoms with E-state index in [1.54, 1.807) is 17.0 Å². The molecule has 7 N–H and O–H groups in total. The van der Waals surface area contributed by atoms with Crippen molar-refractivity contribution >= 4 is 29.1 Å². The van der Waals surface area contributed by atoms with Crippen molar-refractivity contribution in [3.05, 3.63) is 46.2 Å². The number of aliphatic hydroxyl groups excluding tert-OH is 2. The summed E-state index contributed by atoms with van der Waals surface area (Å²) >= 11 is 0. The number of amides is 2. The second kappa shape index (κ2) is 7.40. The molecule has 2 saturated heterocycles. The van der Waals surface area contributed by atoms with Gasteiger partial charge in [-0.3, -0.25) is 24.1 Å². The van der Waals surface area contributed by atoms with Crippen molar-refractivity contribution in [2.24, 2.45) is 23.5 Å².